The van der Waals surface area contributed by atoms with Crippen molar-refractivity contribution in [1.82, 2.24) is 4.90 Å². The van der Waals surface area contributed by atoms with E-state index in [1.54, 1.807) is 24.3 Å². The van der Waals surface area contributed by atoms with E-state index in [0.29, 0.717) is 30.8 Å². The molecule has 0 spiro atoms. The van der Waals surface area contributed by atoms with Gasteiger partial charge in [0.15, 0.2) is 0 Å². The van der Waals surface area contributed by atoms with Gasteiger partial charge in [-0.1, -0.05) is 6.42 Å². The van der Waals surface area contributed by atoms with E-state index in [0.717, 1.165) is 25.8 Å². The molecule has 7 heteroatoms. The number of aliphatic carboxylic acids is 1. The quantitative estimate of drug-likeness (QED) is 0.719. The molecule has 0 aromatic heterocycles. The summed E-state index contributed by atoms with van der Waals surface area (Å²) in [6, 6.07) is 6.40. The lowest BCUT2D eigenvalue weighted by atomic mass is 9.81. The lowest BCUT2D eigenvalue weighted by Crippen LogP contribution is -2.36. The van der Waals surface area contributed by atoms with E-state index >= 15 is 0 Å². The maximum absolute atomic E-state index is 12.1. The van der Waals surface area contributed by atoms with Gasteiger partial charge in [0.1, 0.15) is 0 Å². The van der Waals surface area contributed by atoms with Crippen LogP contribution in [0.5, 0.6) is 0 Å². The summed E-state index contributed by atoms with van der Waals surface area (Å²) < 4.78 is 0. The van der Waals surface area contributed by atoms with Gasteiger partial charge in [-0.15, -0.1) is 0 Å². The molecule has 25 heavy (non-hydrogen) atoms. The fourth-order valence-corrected chi connectivity index (χ4v) is 4.11. The number of nitrogens with one attached hydrogen (secondary N) is 1. The van der Waals surface area contributed by atoms with Crippen molar-refractivity contribution < 1.29 is 19.5 Å². The molecule has 1 heterocycles. The van der Waals surface area contributed by atoms with Crippen LogP contribution in [-0.4, -0.2) is 47.4 Å². The molecule has 1 aliphatic carbocycles. The summed E-state index contributed by atoms with van der Waals surface area (Å²) in [7, 11) is 0. The molecule has 2 amide bonds. The van der Waals surface area contributed by atoms with Crippen LogP contribution in [0, 0.1) is 11.3 Å². The third kappa shape index (κ3) is 3.51. The lowest BCUT2D eigenvalue weighted by Gasteiger charge is -2.23. The van der Waals surface area contributed by atoms with Crippen molar-refractivity contribution in [1.29, 1.82) is 0 Å². The number of likely N-dealkylation sites (tertiary alicyclic amines) is 1. The Balaban J connectivity index is 1.50. The normalized spacial score (nSPS) is 25.5. The number of primary amides is 1. The summed E-state index contributed by atoms with van der Waals surface area (Å²) in [5.41, 5.74) is 5.57. The summed E-state index contributed by atoms with van der Waals surface area (Å²) in [5.74, 6) is -1.14. The van der Waals surface area contributed by atoms with Gasteiger partial charge in [0.05, 0.1) is 5.41 Å². The molecule has 3 rings (SSSR count). The van der Waals surface area contributed by atoms with Crippen LogP contribution in [0.15, 0.2) is 24.3 Å². The fourth-order valence-electron chi connectivity index (χ4n) is 4.11. The summed E-state index contributed by atoms with van der Waals surface area (Å²) in [6.07, 6.45) is 2.98. The second-order valence-corrected chi connectivity index (χ2v) is 7.03. The van der Waals surface area contributed by atoms with E-state index in [9.17, 15) is 19.5 Å². The van der Waals surface area contributed by atoms with E-state index in [-0.39, 0.29) is 11.8 Å². The third-order valence-corrected chi connectivity index (χ3v) is 5.48. The van der Waals surface area contributed by atoms with Crippen LogP contribution in [-0.2, 0) is 9.59 Å². The Kier molecular flexibility index (Phi) is 4.76. The monoisotopic (exact) mass is 345 g/mol. The molecular formula is C18H23N3O4. The number of carbonyl (C=O) groups excluding carboxylic acids is 2. The zero-order valence-electron chi connectivity index (χ0n) is 14.0. The number of hydrogen-bond donors (Lipinski definition) is 3. The van der Waals surface area contributed by atoms with Crippen molar-refractivity contribution in [2.24, 2.45) is 17.1 Å². The number of fused-ring (bicyclic) bond motifs is 1. The van der Waals surface area contributed by atoms with Crippen molar-refractivity contribution in [3.8, 4) is 0 Å². The first-order valence-corrected chi connectivity index (χ1v) is 8.56. The molecule has 2 aliphatic rings. The smallest absolute Gasteiger partial charge is 0.311 e. The van der Waals surface area contributed by atoms with Gasteiger partial charge in [-0.05, 0) is 43.0 Å². The van der Waals surface area contributed by atoms with Gasteiger partial charge in [-0.2, -0.15) is 0 Å². The van der Waals surface area contributed by atoms with Gasteiger partial charge in [-0.3, -0.25) is 14.4 Å². The Morgan fingerprint density at radius 2 is 2.00 bits per heavy atom. The molecule has 0 radical (unpaired) electrons. The summed E-state index contributed by atoms with van der Waals surface area (Å²) >= 11 is 0. The molecule has 1 aliphatic heterocycles. The van der Waals surface area contributed by atoms with E-state index in [4.69, 9.17) is 5.73 Å². The largest absolute Gasteiger partial charge is 0.481 e. The van der Waals surface area contributed by atoms with E-state index in [1.807, 2.05) is 0 Å². The van der Waals surface area contributed by atoms with Crippen LogP contribution in [0.1, 0.15) is 36.0 Å². The van der Waals surface area contributed by atoms with E-state index in [1.165, 1.54) is 0 Å². The Hall–Kier alpha value is -2.41. The third-order valence-electron chi connectivity index (χ3n) is 5.48. The van der Waals surface area contributed by atoms with Crippen molar-refractivity contribution in [2.45, 2.75) is 25.7 Å². The minimum absolute atomic E-state index is 0.131. The zero-order chi connectivity index (χ0) is 18.0. The summed E-state index contributed by atoms with van der Waals surface area (Å²) in [4.78, 5) is 36.9. The van der Waals surface area contributed by atoms with Crippen molar-refractivity contribution in [3.05, 3.63) is 29.8 Å². The zero-order valence-corrected chi connectivity index (χ0v) is 14.0. The van der Waals surface area contributed by atoms with Crippen LogP contribution in [0.25, 0.3) is 0 Å². The number of nitrogens with two attached hydrogens (primary N) is 1. The number of nitrogens with zero attached hydrogens (tertiary/aromatic N) is 1. The molecule has 1 saturated heterocycles. The van der Waals surface area contributed by atoms with Crippen LogP contribution < -0.4 is 11.1 Å². The predicted octanol–water partition coefficient (Wildman–Crippen LogP) is 1.30. The molecule has 1 aromatic carbocycles. The average molecular weight is 345 g/mol. The molecular weight excluding hydrogens is 322 g/mol. The van der Waals surface area contributed by atoms with Crippen LogP contribution >= 0.6 is 0 Å². The Morgan fingerprint density at radius 1 is 1.28 bits per heavy atom. The SMILES string of the molecule is NC(=O)c1ccc(NC(=O)CCN2C[C@@H]3CCC[C@@]3(C(=O)O)C2)cc1. The van der Waals surface area contributed by atoms with Crippen LogP contribution in [0.3, 0.4) is 0 Å². The maximum Gasteiger partial charge on any atom is 0.311 e. The molecule has 7 nitrogen and oxygen atoms in total. The Labute approximate surface area is 146 Å². The number of hydrogen-bond acceptors (Lipinski definition) is 4. The molecule has 2 fully saturated rings. The summed E-state index contributed by atoms with van der Waals surface area (Å²) in [6.45, 7) is 1.84. The van der Waals surface area contributed by atoms with Crippen molar-refractivity contribution in [2.75, 3.05) is 25.0 Å². The highest BCUT2D eigenvalue weighted by Gasteiger charge is 2.54. The Morgan fingerprint density at radius 3 is 2.60 bits per heavy atom. The van der Waals surface area contributed by atoms with Gasteiger partial charge in [0.2, 0.25) is 11.8 Å². The average Bonchev–Trinajstić information content (AvgIpc) is 3.11. The molecule has 0 bridgehead atoms. The molecule has 4 N–H and O–H groups in total. The number of carboxylic acids is 1. The standard InChI is InChI=1S/C18H23N3O4/c19-16(23)12-3-5-14(6-4-12)20-15(22)7-9-21-10-13-2-1-8-18(13,11-21)17(24)25/h3-6,13H,1-2,7-11H2,(H2,19,23)(H,20,22)(H,24,25)/t13-,18+/m0/s1. The highest BCUT2D eigenvalue weighted by Crippen LogP contribution is 2.48. The first-order valence-electron chi connectivity index (χ1n) is 8.56. The number of amides is 2. The van der Waals surface area contributed by atoms with Gasteiger partial charge < -0.3 is 21.1 Å². The minimum Gasteiger partial charge on any atom is -0.481 e. The van der Waals surface area contributed by atoms with E-state index in [2.05, 4.69) is 10.2 Å². The number of benzene rings is 1. The fraction of sp³-hybridized carbons (Fsp3) is 0.500. The summed E-state index contributed by atoms with van der Waals surface area (Å²) in [5, 5.41) is 12.4. The molecule has 0 unspecified atom stereocenters. The first-order chi connectivity index (χ1) is 11.9. The number of rotatable bonds is 6. The lowest BCUT2D eigenvalue weighted by molar-refractivity contribution is -0.149. The first kappa shape index (κ1) is 17.4. The van der Waals surface area contributed by atoms with Crippen molar-refractivity contribution in [3.63, 3.8) is 0 Å². The second kappa shape index (κ2) is 6.84. The van der Waals surface area contributed by atoms with Gasteiger partial charge in [-0.25, -0.2) is 0 Å². The predicted molar refractivity (Wildman–Crippen MR) is 92.1 cm³/mol. The number of carboxylic acid groups (broad SMARTS) is 1. The maximum atomic E-state index is 12.1. The Bertz CT molecular complexity index is 688. The minimum atomic E-state index is -0.698. The molecule has 1 aromatic rings. The van der Waals surface area contributed by atoms with Crippen molar-refractivity contribution >= 4 is 23.5 Å². The topological polar surface area (TPSA) is 113 Å². The molecule has 134 valence electrons. The highest BCUT2D eigenvalue weighted by atomic mass is 16.4. The second-order valence-electron chi connectivity index (χ2n) is 7.03. The van der Waals surface area contributed by atoms with Gasteiger partial charge >= 0.3 is 5.97 Å². The number of anilines is 1. The van der Waals surface area contributed by atoms with Crippen LogP contribution in [0.4, 0.5) is 5.69 Å². The van der Waals surface area contributed by atoms with E-state index < -0.39 is 17.3 Å². The highest BCUT2D eigenvalue weighted by molar-refractivity contribution is 5.94. The number of carbonyl (C=O) groups is 3. The van der Waals surface area contributed by atoms with Gasteiger partial charge in [0.25, 0.3) is 0 Å². The van der Waals surface area contributed by atoms with Gasteiger partial charge in [0, 0.05) is 37.3 Å². The molecule has 2 atom stereocenters. The van der Waals surface area contributed by atoms with Crippen LogP contribution in [0.2, 0.25) is 0 Å². The molecule has 1 saturated carbocycles.